The van der Waals surface area contributed by atoms with Gasteiger partial charge >= 0.3 is 0 Å². The molecule has 0 amide bonds. The van der Waals surface area contributed by atoms with Crippen LogP contribution < -0.4 is 10.1 Å². The van der Waals surface area contributed by atoms with Gasteiger partial charge in [0.15, 0.2) is 0 Å². The third kappa shape index (κ3) is 3.70. The van der Waals surface area contributed by atoms with Gasteiger partial charge in [0.05, 0.1) is 15.4 Å². The molecule has 2 rings (SSSR count). The van der Waals surface area contributed by atoms with Crippen LogP contribution in [0.15, 0.2) is 29.9 Å². The lowest BCUT2D eigenvalue weighted by atomic mass is 10.2. The lowest BCUT2D eigenvalue weighted by Crippen LogP contribution is -2.11. The molecule has 0 bridgehead atoms. The van der Waals surface area contributed by atoms with E-state index in [1.54, 1.807) is 23.0 Å². The lowest BCUT2D eigenvalue weighted by molar-refractivity contribution is 0.309. The number of hydrogen-bond donors (Lipinski definition) is 1. The second-order valence-corrected chi connectivity index (χ2v) is 5.18. The Bertz CT molecular complexity index is 488. The average molecular weight is 283 g/mol. The molecule has 1 heterocycles. The topological polar surface area (TPSA) is 34.1 Å². The maximum Gasteiger partial charge on any atom is 0.138 e. The van der Waals surface area contributed by atoms with Gasteiger partial charge in [0.1, 0.15) is 12.4 Å². The normalized spacial score (nSPS) is 10.6. The van der Waals surface area contributed by atoms with Crippen molar-refractivity contribution < 1.29 is 4.74 Å². The fourth-order valence-corrected chi connectivity index (χ4v) is 2.27. The smallest absolute Gasteiger partial charge is 0.138 e. The van der Waals surface area contributed by atoms with Gasteiger partial charge in [-0.2, -0.15) is 0 Å². The Kier molecular flexibility index (Phi) is 4.99. The molecule has 0 saturated heterocycles. The van der Waals surface area contributed by atoms with Gasteiger partial charge in [-0.1, -0.05) is 24.6 Å². The number of ether oxygens (including phenoxy) is 1. The third-order valence-electron chi connectivity index (χ3n) is 2.43. The monoisotopic (exact) mass is 282 g/mol. The first-order valence-electron chi connectivity index (χ1n) is 5.79. The quantitative estimate of drug-likeness (QED) is 0.881. The van der Waals surface area contributed by atoms with Crippen LogP contribution in [0.5, 0.6) is 5.75 Å². The second-order valence-electron chi connectivity index (χ2n) is 3.80. The van der Waals surface area contributed by atoms with Gasteiger partial charge in [-0.3, -0.25) is 4.98 Å². The van der Waals surface area contributed by atoms with Crippen LogP contribution in [0, 0.1) is 0 Å². The van der Waals surface area contributed by atoms with E-state index in [4.69, 9.17) is 16.3 Å². The zero-order valence-electron chi connectivity index (χ0n) is 10.1. The van der Waals surface area contributed by atoms with Gasteiger partial charge in [0, 0.05) is 12.7 Å². The number of aromatic nitrogens is 1. The molecule has 0 radical (unpaired) electrons. The molecule has 0 aliphatic rings. The van der Waals surface area contributed by atoms with Crippen molar-refractivity contribution in [2.45, 2.75) is 20.1 Å². The molecule has 0 aliphatic heterocycles. The number of rotatable bonds is 6. The summed E-state index contributed by atoms with van der Waals surface area (Å²) in [5.74, 6) is 0.713. The van der Waals surface area contributed by atoms with Gasteiger partial charge < -0.3 is 10.1 Å². The summed E-state index contributed by atoms with van der Waals surface area (Å²) < 4.78 is 5.66. The fourth-order valence-electron chi connectivity index (χ4n) is 1.50. The van der Waals surface area contributed by atoms with Gasteiger partial charge in [-0.15, -0.1) is 11.3 Å². The van der Waals surface area contributed by atoms with Crippen molar-refractivity contribution in [3.63, 3.8) is 0 Å². The number of halogens is 1. The first kappa shape index (κ1) is 13.3. The summed E-state index contributed by atoms with van der Waals surface area (Å²) in [5, 5.41) is 3.91. The van der Waals surface area contributed by atoms with Crippen molar-refractivity contribution >= 4 is 22.9 Å². The molecule has 1 aromatic heterocycles. The maximum atomic E-state index is 6.18. The van der Waals surface area contributed by atoms with Crippen molar-refractivity contribution in [3.05, 3.63) is 45.4 Å². The van der Waals surface area contributed by atoms with Crippen LogP contribution in [0.4, 0.5) is 0 Å². The Hall–Kier alpha value is -1.10. The number of hydrogen-bond acceptors (Lipinski definition) is 4. The molecule has 18 heavy (non-hydrogen) atoms. The summed E-state index contributed by atoms with van der Waals surface area (Å²) in [7, 11) is 0. The minimum Gasteiger partial charge on any atom is -0.486 e. The molecule has 0 unspecified atom stereocenters. The van der Waals surface area contributed by atoms with E-state index in [-0.39, 0.29) is 0 Å². The molecular formula is C13H15ClN2OS. The van der Waals surface area contributed by atoms with E-state index >= 15 is 0 Å². The Labute approximate surface area is 116 Å². The largest absolute Gasteiger partial charge is 0.486 e. The highest BCUT2D eigenvalue weighted by Gasteiger charge is 2.04. The molecular weight excluding hydrogens is 268 g/mol. The Morgan fingerprint density at radius 2 is 2.33 bits per heavy atom. The minimum atomic E-state index is 0.511. The van der Waals surface area contributed by atoms with Crippen LogP contribution in [0.1, 0.15) is 17.4 Å². The summed E-state index contributed by atoms with van der Waals surface area (Å²) in [4.78, 5) is 5.09. The van der Waals surface area contributed by atoms with Gasteiger partial charge in [0.25, 0.3) is 0 Å². The molecule has 96 valence electrons. The van der Waals surface area contributed by atoms with Crippen LogP contribution in [0.25, 0.3) is 0 Å². The van der Waals surface area contributed by atoms with Crippen molar-refractivity contribution in [1.82, 2.24) is 10.3 Å². The molecule has 1 aromatic carbocycles. The molecule has 0 saturated carbocycles. The Balaban J connectivity index is 1.96. The third-order valence-corrected chi connectivity index (χ3v) is 3.48. The molecule has 0 fully saturated rings. The van der Waals surface area contributed by atoms with Gasteiger partial charge in [-0.25, -0.2) is 0 Å². The van der Waals surface area contributed by atoms with E-state index < -0.39 is 0 Å². The number of thiazole rings is 1. The summed E-state index contributed by atoms with van der Waals surface area (Å²) in [6.07, 6.45) is 1.80. The highest BCUT2D eigenvalue weighted by atomic mass is 35.5. The minimum absolute atomic E-state index is 0.511. The number of benzene rings is 1. The average Bonchev–Trinajstić information content (AvgIpc) is 2.88. The second kappa shape index (κ2) is 6.73. The summed E-state index contributed by atoms with van der Waals surface area (Å²) in [6.45, 7) is 4.36. The van der Waals surface area contributed by atoms with E-state index in [0.717, 1.165) is 23.5 Å². The summed E-state index contributed by atoms with van der Waals surface area (Å²) >= 11 is 7.76. The van der Waals surface area contributed by atoms with E-state index in [2.05, 4.69) is 17.2 Å². The van der Waals surface area contributed by atoms with Crippen molar-refractivity contribution in [2.75, 3.05) is 6.54 Å². The molecule has 5 heteroatoms. The SMILES string of the molecule is CCNCc1ccc(OCc2cncs2)c(Cl)c1. The zero-order valence-corrected chi connectivity index (χ0v) is 11.7. The Morgan fingerprint density at radius 3 is 3.00 bits per heavy atom. The molecule has 2 aromatic rings. The molecule has 0 atom stereocenters. The zero-order chi connectivity index (χ0) is 12.8. The molecule has 3 nitrogen and oxygen atoms in total. The van der Waals surface area contributed by atoms with Crippen LogP contribution in [-0.4, -0.2) is 11.5 Å². The first-order chi connectivity index (χ1) is 8.79. The number of nitrogens with one attached hydrogen (secondary N) is 1. The fraction of sp³-hybridized carbons (Fsp3) is 0.308. The van der Waals surface area contributed by atoms with E-state index in [1.165, 1.54) is 0 Å². The van der Waals surface area contributed by atoms with Gasteiger partial charge in [0.2, 0.25) is 0 Å². The molecule has 1 N–H and O–H groups in total. The summed E-state index contributed by atoms with van der Waals surface area (Å²) in [6, 6.07) is 5.87. The molecule has 0 spiro atoms. The van der Waals surface area contributed by atoms with Crippen molar-refractivity contribution in [1.29, 1.82) is 0 Å². The van der Waals surface area contributed by atoms with E-state index in [9.17, 15) is 0 Å². The predicted octanol–water partition coefficient (Wildman–Crippen LogP) is 3.49. The van der Waals surface area contributed by atoms with Crippen LogP contribution >= 0.6 is 22.9 Å². The standard InChI is InChI=1S/C13H15ClN2OS/c1-2-15-6-10-3-4-13(12(14)5-10)17-8-11-7-16-9-18-11/h3-5,7,9,15H,2,6,8H2,1H3. The van der Waals surface area contributed by atoms with Gasteiger partial charge in [-0.05, 0) is 24.2 Å². The summed E-state index contributed by atoms with van der Waals surface area (Å²) in [5.41, 5.74) is 2.95. The lowest BCUT2D eigenvalue weighted by Gasteiger charge is -2.09. The van der Waals surface area contributed by atoms with Crippen molar-refractivity contribution in [3.8, 4) is 5.75 Å². The van der Waals surface area contributed by atoms with Crippen LogP contribution in [-0.2, 0) is 13.2 Å². The first-order valence-corrected chi connectivity index (χ1v) is 7.04. The van der Waals surface area contributed by atoms with E-state index in [1.807, 2.05) is 18.2 Å². The highest BCUT2D eigenvalue weighted by Crippen LogP contribution is 2.26. The van der Waals surface area contributed by atoms with Crippen LogP contribution in [0.3, 0.4) is 0 Å². The van der Waals surface area contributed by atoms with Crippen LogP contribution in [0.2, 0.25) is 5.02 Å². The predicted molar refractivity (Wildman–Crippen MR) is 75.3 cm³/mol. The highest BCUT2D eigenvalue weighted by molar-refractivity contribution is 7.09. The Morgan fingerprint density at radius 1 is 1.44 bits per heavy atom. The van der Waals surface area contributed by atoms with E-state index in [0.29, 0.717) is 17.4 Å². The maximum absolute atomic E-state index is 6.18. The van der Waals surface area contributed by atoms with Crippen molar-refractivity contribution in [2.24, 2.45) is 0 Å². The molecule has 0 aliphatic carbocycles. The number of nitrogens with zero attached hydrogens (tertiary/aromatic N) is 1.